The van der Waals surface area contributed by atoms with Crippen LogP contribution in [0.5, 0.6) is 5.88 Å². The molecule has 5 nitrogen and oxygen atoms in total. The highest BCUT2D eigenvalue weighted by Crippen LogP contribution is 2.58. The second-order valence-electron chi connectivity index (χ2n) is 12.4. The largest absolute Gasteiger partial charge is 0.481 e. The predicted octanol–water partition coefficient (Wildman–Crippen LogP) is 7.64. The molecule has 0 bridgehead atoms. The quantitative estimate of drug-likeness (QED) is 0.122. The highest BCUT2D eigenvalue weighted by atomic mass is 32.2. The number of aromatic nitrogens is 1. The van der Waals surface area contributed by atoms with Crippen LogP contribution in [0.15, 0.2) is 109 Å². The molecule has 5 rings (SSSR count). The lowest BCUT2D eigenvalue weighted by molar-refractivity contribution is -0.150. The summed E-state index contributed by atoms with van der Waals surface area (Å²) >= 11 is 1.77. The standard InChI is InChI=1S/C35H40N2O3SSi/c1-34(2,3)42(5,6)37-32(39)30(31(38)25-22-23-29(40-4)36-24-25)33(37)41-35(26-16-10-7-11-17-26,27-18-12-8-13-19-27)28-20-14-9-15-21-28/h7-24,30-31,33,38H,1-6H3. The Morgan fingerprint density at radius 2 is 1.31 bits per heavy atom. The number of thioether (sulfide) groups is 1. The molecule has 1 saturated heterocycles. The average molecular weight is 597 g/mol. The lowest BCUT2D eigenvalue weighted by atomic mass is 9.84. The zero-order valence-electron chi connectivity index (χ0n) is 25.2. The molecular formula is C35H40N2O3SSi. The van der Waals surface area contributed by atoms with Crippen molar-refractivity contribution in [2.45, 2.75) is 55.1 Å². The van der Waals surface area contributed by atoms with E-state index in [4.69, 9.17) is 4.74 Å². The van der Waals surface area contributed by atoms with Crippen molar-refractivity contribution >= 4 is 25.9 Å². The van der Waals surface area contributed by atoms with Crippen LogP contribution in [0.1, 0.15) is 49.1 Å². The fourth-order valence-corrected chi connectivity index (χ4v) is 10.6. The van der Waals surface area contributed by atoms with Gasteiger partial charge in [-0.15, -0.1) is 11.8 Å². The van der Waals surface area contributed by atoms with Gasteiger partial charge in [0.15, 0.2) is 8.24 Å². The van der Waals surface area contributed by atoms with Crippen molar-refractivity contribution in [3.8, 4) is 5.88 Å². The van der Waals surface area contributed by atoms with E-state index in [1.165, 1.54) is 0 Å². The molecule has 0 radical (unpaired) electrons. The zero-order valence-corrected chi connectivity index (χ0v) is 27.0. The average Bonchev–Trinajstić information content (AvgIpc) is 3.00. The molecule has 1 aromatic heterocycles. The smallest absolute Gasteiger partial charge is 0.224 e. The minimum absolute atomic E-state index is 0.00509. The molecule has 1 fully saturated rings. The Bertz CT molecular complexity index is 1400. The molecule has 0 spiro atoms. The van der Waals surface area contributed by atoms with Crippen molar-refractivity contribution < 1.29 is 14.6 Å². The minimum atomic E-state index is -2.34. The number of methoxy groups -OCH3 is 1. The first-order valence-corrected chi connectivity index (χ1v) is 18.2. The monoisotopic (exact) mass is 596 g/mol. The number of aliphatic hydroxyl groups is 1. The third-order valence-electron chi connectivity index (χ3n) is 9.01. The second kappa shape index (κ2) is 11.7. The number of pyridine rings is 1. The van der Waals surface area contributed by atoms with Gasteiger partial charge in [0.25, 0.3) is 0 Å². The summed E-state index contributed by atoms with van der Waals surface area (Å²) in [5.41, 5.74) is 3.99. The number of hydrogen-bond acceptors (Lipinski definition) is 5. The summed E-state index contributed by atoms with van der Waals surface area (Å²) in [5.74, 6) is -0.156. The Morgan fingerprint density at radius 3 is 1.69 bits per heavy atom. The Kier molecular flexibility index (Phi) is 8.38. The number of ether oxygens (including phenoxy) is 1. The minimum Gasteiger partial charge on any atom is -0.481 e. The van der Waals surface area contributed by atoms with Crippen molar-refractivity contribution in [3.05, 3.63) is 132 Å². The number of aliphatic hydroxyl groups excluding tert-OH is 1. The molecule has 1 aliphatic rings. The molecule has 7 heteroatoms. The normalized spacial score (nSPS) is 18.4. The molecule has 1 aliphatic heterocycles. The maximum absolute atomic E-state index is 14.2. The lowest BCUT2D eigenvalue weighted by Crippen LogP contribution is -2.73. The molecule has 1 N–H and O–H groups in total. The number of nitrogens with zero attached hydrogens (tertiary/aromatic N) is 2. The van der Waals surface area contributed by atoms with Crippen molar-refractivity contribution in [2.24, 2.45) is 5.92 Å². The molecule has 3 unspecified atom stereocenters. The number of rotatable bonds is 9. The third-order valence-corrected chi connectivity index (χ3v) is 16.4. The van der Waals surface area contributed by atoms with E-state index < -0.39 is 25.0 Å². The lowest BCUT2D eigenvalue weighted by Gasteiger charge is -2.60. The van der Waals surface area contributed by atoms with E-state index in [9.17, 15) is 9.90 Å². The van der Waals surface area contributed by atoms with Crippen LogP contribution in [-0.2, 0) is 9.54 Å². The van der Waals surface area contributed by atoms with E-state index in [0.717, 1.165) is 16.7 Å². The summed E-state index contributed by atoms with van der Waals surface area (Å²) in [7, 11) is -0.774. The fourth-order valence-electron chi connectivity index (χ4n) is 5.66. The molecule has 2 heterocycles. The first-order valence-electron chi connectivity index (χ1n) is 14.4. The summed E-state index contributed by atoms with van der Waals surface area (Å²) in [6, 6.07) is 35.1. The molecule has 0 saturated carbocycles. The van der Waals surface area contributed by atoms with Crippen LogP contribution < -0.4 is 4.74 Å². The first-order chi connectivity index (χ1) is 20.0. The maximum Gasteiger partial charge on any atom is 0.224 e. The maximum atomic E-state index is 14.2. The second-order valence-corrected chi connectivity index (χ2v) is 18.8. The van der Waals surface area contributed by atoms with Gasteiger partial charge in [-0.05, 0) is 33.4 Å². The summed E-state index contributed by atoms with van der Waals surface area (Å²) in [4.78, 5) is 18.6. The van der Waals surface area contributed by atoms with Gasteiger partial charge >= 0.3 is 0 Å². The van der Waals surface area contributed by atoms with Crippen molar-refractivity contribution in [1.82, 2.24) is 9.55 Å². The van der Waals surface area contributed by atoms with Crippen molar-refractivity contribution in [1.29, 1.82) is 0 Å². The molecule has 42 heavy (non-hydrogen) atoms. The molecule has 0 aliphatic carbocycles. The predicted molar refractivity (Wildman–Crippen MR) is 174 cm³/mol. The topological polar surface area (TPSA) is 62.7 Å². The Morgan fingerprint density at radius 1 is 0.833 bits per heavy atom. The molecular weight excluding hydrogens is 557 g/mol. The number of β-lactam (4-membered cyclic amide) rings is 1. The summed E-state index contributed by atoms with van der Waals surface area (Å²) in [5, 5.41) is 11.5. The highest BCUT2D eigenvalue weighted by Gasteiger charge is 2.61. The van der Waals surface area contributed by atoms with E-state index in [1.807, 2.05) is 18.2 Å². The van der Waals surface area contributed by atoms with Gasteiger partial charge in [-0.2, -0.15) is 0 Å². The molecule has 3 aromatic carbocycles. The Hall–Kier alpha value is -3.39. The number of carbonyl (C=O) groups excluding carboxylic acids is 1. The number of amides is 1. The number of benzene rings is 3. The molecule has 3 atom stereocenters. The SMILES string of the molecule is COc1ccc(C(O)C2C(=O)N([Si](C)(C)C(C)(C)C)C2SC(c2ccccc2)(c2ccccc2)c2ccccc2)cn1. The third kappa shape index (κ3) is 5.19. The first kappa shape index (κ1) is 30.1. The van der Waals surface area contributed by atoms with Crippen LogP contribution in [0.2, 0.25) is 18.1 Å². The van der Waals surface area contributed by atoms with Gasteiger partial charge < -0.3 is 14.4 Å². The van der Waals surface area contributed by atoms with Gasteiger partial charge in [-0.1, -0.05) is 125 Å². The van der Waals surface area contributed by atoms with Gasteiger partial charge in [0.2, 0.25) is 11.8 Å². The number of carbonyl (C=O) groups is 1. The molecule has 218 valence electrons. The van der Waals surface area contributed by atoms with Crippen LogP contribution >= 0.6 is 11.8 Å². The fraction of sp³-hybridized carbons (Fsp3) is 0.314. The van der Waals surface area contributed by atoms with Crippen LogP contribution in [-0.4, -0.2) is 41.3 Å². The van der Waals surface area contributed by atoms with E-state index in [1.54, 1.807) is 37.2 Å². The summed E-state index contributed by atoms with van der Waals surface area (Å²) in [6.07, 6.45) is 0.612. The van der Waals surface area contributed by atoms with Gasteiger partial charge in [-0.3, -0.25) is 4.79 Å². The van der Waals surface area contributed by atoms with Crippen molar-refractivity contribution in [2.75, 3.05) is 7.11 Å². The molecule has 1 amide bonds. The van der Waals surface area contributed by atoms with Crippen LogP contribution in [0.4, 0.5) is 0 Å². The van der Waals surface area contributed by atoms with Crippen molar-refractivity contribution in [3.63, 3.8) is 0 Å². The van der Waals surface area contributed by atoms with E-state index in [-0.39, 0.29) is 16.3 Å². The van der Waals surface area contributed by atoms with E-state index in [0.29, 0.717) is 11.4 Å². The van der Waals surface area contributed by atoms with E-state index in [2.05, 4.69) is 116 Å². The highest BCUT2D eigenvalue weighted by molar-refractivity contribution is 8.01. The summed E-state index contributed by atoms with van der Waals surface area (Å²) in [6.45, 7) is 11.2. The number of hydrogen-bond donors (Lipinski definition) is 1. The Labute approximate surface area is 255 Å². The van der Waals surface area contributed by atoms with Gasteiger partial charge in [0.05, 0.1) is 29.3 Å². The van der Waals surface area contributed by atoms with Gasteiger partial charge in [0.1, 0.15) is 0 Å². The molecule has 4 aromatic rings. The van der Waals surface area contributed by atoms with Gasteiger partial charge in [-0.25, -0.2) is 4.98 Å². The van der Waals surface area contributed by atoms with E-state index >= 15 is 0 Å². The van der Waals surface area contributed by atoms with Gasteiger partial charge in [0, 0.05) is 12.3 Å². The zero-order chi connectivity index (χ0) is 30.1. The van der Waals surface area contributed by atoms with Crippen LogP contribution in [0.3, 0.4) is 0 Å². The van der Waals surface area contributed by atoms with Crippen LogP contribution in [0.25, 0.3) is 0 Å². The van der Waals surface area contributed by atoms with Crippen LogP contribution in [0, 0.1) is 5.92 Å². The Balaban J connectivity index is 1.71. The summed E-state index contributed by atoms with van der Waals surface area (Å²) < 4.78 is 6.75.